The van der Waals surface area contributed by atoms with Crippen molar-refractivity contribution in [2.24, 2.45) is 0 Å². The van der Waals surface area contributed by atoms with Gasteiger partial charge < -0.3 is 4.52 Å². The summed E-state index contributed by atoms with van der Waals surface area (Å²) in [5.41, 5.74) is -0.367. The molecule has 0 aromatic rings. The average Bonchev–Trinajstić information content (AvgIpc) is 1.55. The van der Waals surface area contributed by atoms with E-state index in [9.17, 15) is 13.0 Å². The third-order valence-corrected chi connectivity index (χ3v) is 5.43. The van der Waals surface area contributed by atoms with Crippen LogP contribution >= 0.6 is 7.37 Å². The van der Waals surface area contributed by atoms with E-state index < -0.39 is 17.2 Å². The Kier molecular flexibility index (Phi) is 3.74. The molecule has 0 saturated carbocycles. The number of rotatable bonds is 4. The van der Waals surface area contributed by atoms with E-state index in [0.29, 0.717) is 0 Å². The summed E-state index contributed by atoms with van der Waals surface area (Å²) in [5, 5.41) is 0. The van der Waals surface area contributed by atoms with Crippen molar-refractivity contribution in [2.75, 3.05) is 25.0 Å². The van der Waals surface area contributed by atoms with Gasteiger partial charge in [-0.3, -0.25) is 4.57 Å². The van der Waals surface area contributed by atoms with Crippen LogP contribution in [0, 0.1) is 0 Å². The Bertz CT molecular complexity index is 256. The van der Waals surface area contributed by atoms with Gasteiger partial charge in [-0.1, -0.05) is 0 Å². The lowest BCUT2D eigenvalue weighted by atomic mass is 10.9. The largest absolute Gasteiger partial charge is 0.328 e. The Morgan fingerprint density at radius 1 is 1.45 bits per heavy atom. The molecule has 1 unspecified atom stereocenters. The fourth-order valence-electron chi connectivity index (χ4n) is 0.736. The molecule has 0 aromatic heterocycles. The van der Waals surface area contributed by atoms with Crippen molar-refractivity contribution in [1.29, 1.82) is 0 Å². The van der Waals surface area contributed by atoms with Crippen molar-refractivity contribution in [1.82, 2.24) is 0 Å². The first kappa shape index (κ1) is 11.1. The summed E-state index contributed by atoms with van der Waals surface area (Å²) in [6, 6.07) is 0. The first-order valence-electron chi connectivity index (χ1n) is 3.15. The van der Waals surface area contributed by atoms with E-state index in [2.05, 4.69) is 0 Å². The Balaban J connectivity index is 4.26. The van der Waals surface area contributed by atoms with Crippen LogP contribution in [0.3, 0.4) is 0 Å². The Labute approximate surface area is 67.3 Å². The fraction of sp³-hybridized carbons (Fsp3) is 1.00. The lowest BCUT2D eigenvalue weighted by molar-refractivity contribution is 0.340. The van der Waals surface area contributed by atoms with Crippen LogP contribution in [0.4, 0.5) is 0 Å². The van der Waals surface area contributed by atoms with Crippen molar-refractivity contribution in [3.05, 3.63) is 0 Å². The lowest BCUT2D eigenvalue weighted by Gasteiger charge is -2.09. The van der Waals surface area contributed by atoms with Crippen molar-refractivity contribution in [3.63, 3.8) is 0 Å². The van der Waals surface area contributed by atoms with E-state index in [-0.39, 0.29) is 12.1 Å². The average molecular weight is 200 g/mol. The minimum atomic E-state index is -3.19. The van der Waals surface area contributed by atoms with Gasteiger partial charge in [0.2, 0.25) is 7.37 Å². The molecule has 0 amide bonds. The lowest BCUT2D eigenvalue weighted by Crippen LogP contribution is -2.05. The molecule has 0 aliphatic heterocycles. The van der Waals surface area contributed by atoms with Gasteiger partial charge in [0.15, 0.2) is 9.84 Å². The number of hydrogen-bond acceptors (Lipinski definition) is 4. The molecule has 0 saturated heterocycles. The minimum Gasteiger partial charge on any atom is -0.328 e. The molecule has 6 heteroatoms. The van der Waals surface area contributed by atoms with Crippen molar-refractivity contribution < 1.29 is 17.5 Å². The maximum atomic E-state index is 11.2. The van der Waals surface area contributed by atoms with Gasteiger partial charge in [-0.25, -0.2) is 8.42 Å². The maximum Gasteiger partial charge on any atom is 0.214 e. The smallest absolute Gasteiger partial charge is 0.214 e. The van der Waals surface area contributed by atoms with E-state index in [4.69, 9.17) is 4.52 Å². The van der Waals surface area contributed by atoms with Crippen LogP contribution in [0.15, 0.2) is 0 Å². The third-order valence-electron chi connectivity index (χ3n) is 0.871. The third kappa shape index (κ3) is 6.53. The van der Waals surface area contributed by atoms with E-state index in [1.54, 1.807) is 6.92 Å². The van der Waals surface area contributed by atoms with Crippen LogP contribution in [0.1, 0.15) is 6.92 Å². The first-order valence-corrected chi connectivity index (χ1v) is 7.47. The summed E-state index contributed by atoms with van der Waals surface area (Å²) in [5.74, 6) is 0. The molecule has 11 heavy (non-hydrogen) atoms. The monoisotopic (exact) mass is 200 g/mol. The Morgan fingerprint density at radius 2 is 1.91 bits per heavy atom. The second kappa shape index (κ2) is 3.70. The zero-order valence-electron chi connectivity index (χ0n) is 6.90. The van der Waals surface area contributed by atoms with E-state index in [0.717, 1.165) is 6.26 Å². The molecule has 0 N–H and O–H groups in total. The summed E-state index contributed by atoms with van der Waals surface area (Å²) in [4.78, 5) is 0. The van der Waals surface area contributed by atoms with Crippen LogP contribution in [-0.4, -0.2) is 33.4 Å². The minimum absolute atomic E-state index is 0.281. The zero-order chi connectivity index (χ0) is 9.12. The highest BCUT2D eigenvalue weighted by Crippen LogP contribution is 2.43. The predicted octanol–water partition coefficient (Wildman–Crippen LogP) is 0.933. The highest BCUT2D eigenvalue weighted by atomic mass is 32.2. The van der Waals surface area contributed by atoms with E-state index in [1.165, 1.54) is 6.66 Å². The summed E-state index contributed by atoms with van der Waals surface area (Å²) >= 11 is 0. The topological polar surface area (TPSA) is 60.4 Å². The molecular formula is C5H13O4PS. The molecule has 0 spiro atoms. The molecule has 4 nitrogen and oxygen atoms in total. The van der Waals surface area contributed by atoms with Gasteiger partial charge >= 0.3 is 0 Å². The highest BCUT2D eigenvalue weighted by molar-refractivity contribution is 7.97. The van der Waals surface area contributed by atoms with Gasteiger partial charge in [0.1, 0.15) is 5.49 Å². The number of hydrogen-bond donors (Lipinski definition) is 0. The van der Waals surface area contributed by atoms with Gasteiger partial charge in [-0.05, 0) is 6.92 Å². The normalized spacial score (nSPS) is 17.7. The SMILES string of the molecule is CCOP(C)(=O)CS(C)(=O)=O. The first-order chi connectivity index (χ1) is 4.77. The van der Waals surface area contributed by atoms with E-state index >= 15 is 0 Å². The quantitative estimate of drug-likeness (QED) is 0.633. The highest BCUT2D eigenvalue weighted by Gasteiger charge is 2.21. The van der Waals surface area contributed by atoms with Gasteiger partial charge in [-0.2, -0.15) is 0 Å². The zero-order valence-corrected chi connectivity index (χ0v) is 8.61. The summed E-state index contributed by atoms with van der Waals surface area (Å²) in [6.45, 7) is 3.29. The predicted molar refractivity (Wildman–Crippen MR) is 44.9 cm³/mol. The van der Waals surface area contributed by atoms with Crippen LogP contribution in [0.25, 0.3) is 0 Å². The molecule has 0 aliphatic carbocycles. The Hall–Kier alpha value is 0.140. The van der Waals surface area contributed by atoms with Gasteiger partial charge in [-0.15, -0.1) is 0 Å². The molecule has 0 aliphatic rings. The number of sulfone groups is 1. The molecule has 0 heterocycles. The van der Waals surface area contributed by atoms with Crippen LogP contribution in [-0.2, 0) is 18.9 Å². The molecule has 68 valence electrons. The molecule has 0 fully saturated rings. The van der Waals surface area contributed by atoms with Crippen molar-refractivity contribution >= 4 is 17.2 Å². The van der Waals surface area contributed by atoms with Gasteiger partial charge in [0.25, 0.3) is 0 Å². The summed E-state index contributed by atoms with van der Waals surface area (Å²) in [6.07, 6.45) is 1.04. The second-order valence-electron chi connectivity index (χ2n) is 2.49. The molecule has 1 atom stereocenters. The molecule has 0 radical (unpaired) electrons. The van der Waals surface area contributed by atoms with E-state index in [1.807, 2.05) is 0 Å². The standard InChI is InChI=1S/C5H13O4PS/c1-4-9-10(2,6)5-11(3,7)8/h4-5H2,1-3H3. The maximum absolute atomic E-state index is 11.2. The molecule has 0 bridgehead atoms. The van der Waals surface area contributed by atoms with Gasteiger partial charge in [0.05, 0.1) is 6.61 Å². The van der Waals surface area contributed by atoms with Crippen molar-refractivity contribution in [3.8, 4) is 0 Å². The fourth-order valence-corrected chi connectivity index (χ4v) is 4.99. The Morgan fingerprint density at radius 3 is 2.18 bits per heavy atom. The summed E-state index contributed by atoms with van der Waals surface area (Å²) in [7, 11) is -6.09. The van der Waals surface area contributed by atoms with Gasteiger partial charge in [0, 0.05) is 12.9 Å². The molecule has 0 rings (SSSR count). The van der Waals surface area contributed by atoms with Crippen LogP contribution in [0.5, 0.6) is 0 Å². The summed E-state index contributed by atoms with van der Waals surface area (Å²) < 4.78 is 37.3. The van der Waals surface area contributed by atoms with Crippen LogP contribution < -0.4 is 0 Å². The van der Waals surface area contributed by atoms with Crippen molar-refractivity contribution in [2.45, 2.75) is 6.92 Å². The molecule has 0 aromatic carbocycles. The second-order valence-corrected chi connectivity index (χ2v) is 7.66. The molecular weight excluding hydrogens is 187 g/mol. The van der Waals surface area contributed by atoms with Crippen LogP contribution in [0.2, 0.25) is 0 Å².